The molecule has 3 nitrogen and oxygen atoms in total. The molecular weight excluding hydrogens is 256 g/mol. The van der Waals surface area contributed by atoms with E-state index in [0.29, 0.717) is 0 Å². The van der Waals surface area contributed by atoms with E-state index in [1.54, 1.807) is 18.4 Å². The van der Waals surface area contributed by atoms with Crippen molar-refractivity contribution in [3.05, 3.63) is 40.5 Å². The van der Waals surface area contributed by atoms with Crippen LogP contribution in [0.15, 0.2) is 24.3 Å². The van der Waals surface area contributed by atoms with Crippen LogP contribution < -0.4 is 4.74 Å². The minimum atomic E-state index is 0.870. The van der Waals surface area contributed by atoms with Crippen molar-refractivity contribution in [2.75, 3.05) is 7.11 Å². The molecule has 19 heavy (non-hydrogen) atoms. The molecule has 0 unspecified atom stereocenters. The fourth-order valence-electron chi connectivity index (χ4n) is 2.33. The van der Waals surface area contributed by atoms with E-state index in [9.17, 15) is 0 Å². The summed E-state index contributed by atoms with van der Waals surface area (Å²) in [5.41, 5.74) is 4.66. The summed E-state index contributed by atoms with van der Waals surface area (Å²) in [6, 6.07) is 8.06. The van der Waals surface area contributed by atoms with E-state index in [4.69, 9.17) is 9.72 Å². The number of methoxy groups -OCH3 is 1. The van der Waals surface area contributed by atoms with Gasteiger partial charge in [0.15, 0.2) is 4.96 Å². The molecule has 0 saturated heterocycles. The van der Waals surface area contributed by atoms with Gasteiger partial charge >= 0.3 is 0 Å². The number of fused-ring (bicyclic) bond motifs is 1. The van der Waals surface area contributed by atoms with E-state index in [0.717, 1.165) is 22.0 Å². The molecule has 0 amide bonds. The van der Waals surface area contributed by atoms with Crippen LogP contribution in [0.2, 0.25) is 0 Å². The van der Waals surface area contributed by atoms with E-state index < -0.39 is 0 Å². The number of hydrogen-bond donors (Lipinski definition) is 0. The lowest BCUT2D eigenvalue weighted by atomic mass is 10.1. The van der Waals surface area contributed by atoms with Crippen molar-refractivity contribution in [3.8, 4) is 17.0 Å². The summed E-state index contributed by atoms with van der Waals surface area (Å²) in [5.74, 6) is 0.870. The van der Waals surface area contributed by atoms with Gasteiger partial charge in [-0.15, -0.1) is 11.3 Å². The van der Waals surface area contributed by atoms with E-state index in [1.165, 1.54) is 16.3 Å². The number of aryl methyl sites for hydroxylation is 3. The van der Waals surface area contributed by atoms with Gasteiger partial charge in [0.2, 0.25) is 0 Å². The van der Waals surface area contributed by atoms with Gasteiger partial charge in [-0.1, -0.05) is 0 Å². The van der Waals surface area contributed by atoms with Gasteiger partial charge < -0.3 is 4.74 Å². The highest BCUT2D eigenvalue weighted by atomic mass is 32.1. The zero-order chi connectivity index (χ0) is 13.6. The van der Waals surface area contributed by atoms with Crippen LogP contribution in [0.1, 0.15) is 16.3 Å². The molecule has 0 spiro atoms. The maximum absolute atomic E-state index is 5.19. The average molecular weight is 272 g/mol. The minimum absolute atomic E-state index is 0.870. The lowest BCUT2D eigenvalue weighted by Crippen LogP contribution is -1.90. The Kier molecular flexibility index (Phi) is 2.82. The Morgan fingerprint density at radius 1 is 1.05 bits per heavy atom. The molecule has 3 rings (SSSR count). The Balaban J connectivity index is 2.16. The molecule has 1 aromatic carbocycles. The summed E-state index contributed by atoms with van der Waals surface area (Å²) in [5, 5.41) is 0. The second kappa shape index (κ2) is 4.38. The first-order valence-corrected chi connectivity index (χ1v) is 7.03. The summed E-state index contributed by atoms with van der Waals surface area (Å²) >= 11 is 1.74. The fourth-order valence-corrected chi connectivity index (χ4v) is 3.34. The Labute approximate surface area is 116 Å². The van der Waals surface area contributed by atoms with Crippen molar-refractivity contribution in [2.24, 2.45) is 0 Å². The van der Waals surface area contributed by atoms with Crippen molar-refractivity contribution in [3.63, 3.8) is 0 Å². The van der Waals surface area contributed by atoms with Crippen LogP contribution >= 0.6 is 11.3 Å². The zero-order valence-corrected chi connectivity index (χ0v) is 12.3. The van der Waals surface area contributed by atoms with E-state index in [-0.39, 0.29) is 0 Å². The minimum Gasteiger partial charge on any atom is -0.497 e. The lowest BCUT2D eigenvalue weighted by molar-refractivity contribution is 0.415. The van der Waals surface area contributed by atoms with Gasteiger partial charge in [-0.25, -0.2) is 4.98 Å². The third kappa shape index (κ3) is 1.83. The van der Waals surface area contributed by atoms with Gasteiger partial charge in [0.1, 0.15) is 5.75 Å². The maximum atomic E-state index is 5.19. The number of ether oxygens (including phenoxy) is 1. The van der Waals surface area contributed by atoms with Gasteiger partial charge in [-0.05, 0) is 45.0 Å². The molecule has 0 bridgehead atoms. The first-order chi connectivity index (χ1) is 9.11. The molecule has 0 N–H and O–H groups in total. The van der Waals surface area contributed by atoms with Crippen molar-refractivity contribution in [1.82, 2.24) is 9.38 Å². The molecule has 0 atom stereocenters. The summed E-state index contributed by atoms with van der Waals surface area (Å²) < 4.78 is 7.43. The van der Waals surface area contributed by atoms with Gasteiger partial charge in [0, 0.05) is 21.8 Å². The lowest BCUT2D eigenvalue weighted by Gasteiger charge is -2.03. The molecule has 0 fully saturated rings. The van der Waals surface area contributed by atoms with Crippen LogP contribution in [0, 0.1) is 20.8 Å². The van der Waals surface area contributed by atoms with Gasteiger partial charge in [-0.2, -0.15) is 0 Å². The molecule has 4 heteroatoms. The number of imidazole rings is 1. The SMILES string of the molecule is COc1ccc(-c2nc3sc(C)c(C)n3c2C)cc1. The second-order valence-electron chi connectivity index (χ2n) is 4.64. The zero-order valence-electron chi connectivity index (χ0n) is 11.5. The standard InChI is InChI=1S/C15H16N2OS/c1-9-11(3)19-15-16-14(10(2)17(9)15)12-5-7-13(18-4)8-6-12/h5-8H,1-4H3. The summed E-state index contributed by atoms with van der Waals surface area (Å²) in [6.45, 7) is 6.41. The molecule has 2 aromatic heterocycles. The number of thiazole rings is 1. The Morgan fingerprint density at radius 2 is 1.74 bits per heavy atom. The topological polar surface area (TPSA) is 26.5 Å². The Bertz CT molecular complexity index is 738. The molecule has 98 valence electrons. The first-order valence-electron chi connectivity index (χ1n) is 6.21. The predicted molar refractivity (Wildman–Crippen MR) is 79.3 cm³/mol. The van der Waals surface area contributed by atoms with E-state index >= 15 is 0 Å². The summed E-state index contributed by atoms with van der Waals surface area (Å²) in [7, 11) is 1.68. The molecule has 0 aliphatic heterocycles. The highest BCUT2D eigenvalue weighted by Crippen LogP contribution is 2.30. The van der Waals surface area contributed by atoms with E-state index in [2.05, 4.69) is 37.3 Å². The van der Waals surface area contributed by atoms with Crippen molar-refractivity contribution in [1.29, 1.82) is 0 Å². The summed E-state index contributed by atoms with van der Waals surface area (Å²) in [6.07, 6.45) is 0. The number of rotatable bonds is 2. The summed E-state index contributed by atoms with van der Waals surface area (Å²) in [4.78, 5) is 7.15. The average Bonchev–Trinajstić information content (AvgIpc) is 2.88. The predicted octanol–water partition coefficient (Wildman–Crippen LogP) is 4.00. The van der Waals surface area contributed by atoms with Crippen LogP contribution in [-0.2, 0) is 0 Å². The highest BCUT2D eigenvalue weighted by Gasteiger charge is 2.15. The van der Waals surface area contributed by atoms with Crippen LogP contribution in [0.4, 0.5) is 0 Å². The third-order valence-corrected chi connectivity index (χ3v) is 4.59. The van der Waals surface area contributed by atoms with E-state index in [1.807, 2.05) is 12.1 Å². The van der Waals surface area contributed by atoms with Gasteiger partial charge in [0.05, 0.1) is 12.8 Å². The molecule has 0 saturated carbocycles. The molecule has 0 radical (unpaired) electrons. The quantitative estimate of drug-likeness (QED) is 0.705. The van der Waals surface area contributed by atoms with Crippen molar-refractivity contribution < 1.29 is 4.74 Å². The normalized spacial score (nSPS) is 11.2. The molecule has 2 heterocycles. The second-order valence-corrected chi connectivity index (χ2v) is 5.82. The number of hydrogen-bond acceptors (Lipinski definition) is 3. The van der Waals surface area contributed by atoms with Gasteiger partial charge in [-0.3, -0.25) is 4.40 Å². The fraction of sp³-hybridized carbons (Fsp3) is 0.267. The highest BCUT2D eigenvalue weighted by molar-refractivity contribution is 7.17. The van der Waals surface area contributed by atoms with Crippen LogP contribution in [0.3, 0.4) is 0 Å². The van der Waals surface area contributed by atoms with Crippen LogP contribution in [0.25, 0.3) is 16.2 Å². The van der Waals surface area contributed by atoms with Crippen molar-refractivity contribution >= 4 is 16.3 Å². The largest absolute Gasteiger partial charge is 0.497 e. The van der Waals surface area contributed by atoms with Gasteiger partial charge in [0.25, 0.3) is 0 Å². The maximum Gasteiger partial charge on any atom is 0.194 e. The van der Waals surface area contributed by atoms with Crippen molar-refractivity contribution in [2.45, 2.75) is 20.8 Å². The third-order valence-electron chi connectivity index (χ3n) is 3.53. The van der Waals surface area contributed by atoms with Crippen LogP contribution in [0.5, 0.6) is 5.75 Å². The number of nitrogens with zero attached hydrogens (tertiary/aromatic N) is 2. The molecular formula is C15H16N2OS. The Morgan fingerprint density at radius 3 is 2.32 bits per heavy atom. The number of aromatic nitrogens is 2. The molecule has 3 aromatic rings. The molecule has 0 aliphatic rings. The molecule has 0 aliphatic carbocycles. The Hall–Kier alpha value is -1.81. The smallest absolute Gasteiger partial charge is 0.194 e. The number of benzene rings is 1. The first kappa shape index (κ1) is 12.2. The van der Waals surface area contributed by atoms with Crippen LogP contribution in [-0.4, -0.2) is 16.5 Å². The monoisotopic (exact) mass is 272 g/mol.